The molecule has 17 heavy (non-hydrogen) atoms. The predicted molar refractivity (Wildman–Crippen MR) is 72.8 cm³/mol. The number of rotatable bonds is 5. The molecule has 1 heteroatoms. The number of hydrogen-bond donors (Lipinski definition) is 1. The second kappa shape index (κ2) is 7.92. The minimum atomic E-state index is -0.480. The Morgan fingerprint density at radius 3 is 2.65 bits per heavy atom. The fourth-order valence-electron chi connectivity index (χ4n) is 1.77. The molecule has 0 heterocycles. The van der Waals surface area contributed by atoms with Crippen LogP contribution in [0.2, 0.25) is 0 Å². The first-order valence-corrected chi connectivity index (χ1v) is 6.55. The van der Waals surface area contributed by atoms with Gasteiger partial charge in [0.15, 0.2) is 0 Å². The molecule has 1 unspecified atom stereocenters. The quantitative estimate of drug-likeness (QED) is 0.606. The van der Waals surface area contributed by atoms with E-state index in [-0.39, 0.29) is 0 Å². The van der Waals surface area contributed by atoms with Gasteiger partial charge in [-0.2, -0.15) is 0 Å². The molecule has 0 bridgehead atoms. The van der Waals surface area contributed by atoms with Gasteiger partial charge in [0.1, 0.15) is 6.10 Å². The van der Waals surface area contributed by atoms with E-state index in [0.717, 1.165) is 24.8 Å². The highest BCUT2D eigenvalue weighted by Gasteiger charge is 1.99. The van der Waals surface area contributed by atoms with Crippen molar-refractivity contribution in [3.63, 3.8) is 0 Å². The summed E-state index contributed by atoms with van der Waals surface area (Å²) in [6.45, 7) is 4.29. The SMILES string of the molecule is CCCCCC(O)C#Cc1ccccc1CC. The summed E-state index contributed by atoms with van der Waals surface area (Å²) >= 11 is 0. The summed E-state index contributed by atoms with van der Waals surface area (Å²) in [6.07, 6.45) is 4.70. The molecule has 0 saturated heterocycles. The summed E-state index contributed by atoms with van der Waals surface area (Å²) in [5, 5.41) is 9.73. The first-order valence-electron chi connectivity index (χ1n) is 6.55. The second-order valence-corrected chi connectivity index (χ2v) is 4.29. The smallest absolute Gasteiger partial charge is 0.115 e. The third kappa shape index (κ3) is 5.06. The topological polar surface area (TPSA) is 20.2 Å². The Labute approximate surface area is 105 Å². The Bertz CT molecular complexity index is 384. The van der Waals surface area contributed by atoms with E-state index in [0.29, 0.717) is 0 Å². The predicted octanol–water partition coefficient (Wildman–Crippen LogP) is 3.54. The molecule has 0 aromatic heterocycles. The van der Waals surface area contributed by atoms with Crippen molar-refractivity contribution in [1.82, 2.24) is 0 Å². The number of aliphatic hydroxyl groups excluding tert-OH is 1. The first-order chi connectivity index (χ1) is 8.27. The van der Waals surface area contributed by atoms with Crippen LogP contribution in [0.4, 0.5) is 0 Å². The van der Waals surface area contributed by atoms with Crippen molar-refractivity contribution in [2.45, 2.75) is 52.1 Å². The average Bonchev–Trinajstić information content (AvgIpc) is 2.37. The average molecular weight is 230 g/mol. The molecular weight excluding hydrogens is 208 g/mol. The molecule has 1 aromatic rings. The molecule has 0 radical (unpaired) electrons. The summed E-state index contributed by atoms with van der Waals surface area (Å²) < 4.78 is 0. The molecule has 0 saturated carbocycles. The Hall–Kier alpha value is -1.26. The second-order valence-electron chi connectivity index (χ2n) is 4.29. The highest BCUT2D eigenvalue weighted by molar-refractivity contribution is 5.41. The summed E-state index contributed by atoms with van der Waals surface area (Å²) in [6, 6.07) is 8.13. The van der Waals surface area contributed by atoms with Crippen molar-refractivity contribution in [2.75, 3.05) is 0 Å². The highest BCUT2D eigenvalue weighted by Crippen LogP contribution is 2.08. The minimum absolute atomic E-state index is 0.480. The number of hydrogen-bond acceptors (Lipinski definition) is 1. The molecule has 92 valence electrons. The van der Waals surface area contributed by atoms with E-state index in [4.69, 9.17) is 0 Å². The number of aryl methyl sites for hydroxylation is 1. The lowest BCUT2D eigenvalue weighted by atomic mass is 10.0. The molecule has 0 fully saturated rings. The number of aliphatic hydroxyl groups is 1. The third-order valence-electron chi connectivity index (χ3n) is 2.85. The van der Waals surface area contributed by atoms with Crippen LogP contribution in [-0.2, 0) is 6.42 Å². The molecule has 1 nitrogen and oxygen atoms in total. The van der Waals surface area contributed by atoms with Crippen molar-refractivity contribution < 1.29 is 5.11 Å². The minimum Gasteiger partial charge on any atom is -0.380 e. The van der Waals surface area contributed by atoms with Crippen LogP contribution in [0.25, 0.3) is 0 Å². The molecule has 1 N–H and O–H groups in total. The molecule has 0 aliphatic rings. The van der Waals surface area contributed by atoms with Crippen LogP contribution >= 0.6 is 0 Å². The van der Waals surface area contributed by atoms with Gasteiger partial charge >= 0.3 is 0 Å². The van der Waals surface area contributed by atoms with Gasteiger partial charge in [0, 0.05) is 5.56 Å². The van der Waals surface area contributed by atoms with Gasteiger partial charge in [-0.1, -0.05) is 56.7 Å². The van der Waals surface area contributed by atoms with Gasteiger partial charge in [0.25, 0.3) is 0 Å². The molecule has 0 aliphatic carbocycles. The van der Waals surface area contributed by atoms with E-state index in [9.17, 15) is 5.11 Å². The van der Waals surface area contributed by atoms with Gasteiger partial charge in [-0.3, -0.25) is 0 Å². The normalized spacial score (nSPS) is 11.7. The standard InChI is InChI=1S/C16H22O/c1-3-5-6-11-16(17)13-12-15-10-8-7-9-14(15)4-2/h7-10,16-17H,3-6,11H2,1-2H3. The lowest BCUT2D eigenvalue weighted by molar-refractivity contribution is 0.217. The zero-order valence-electron chi connectivity index (χ0n) is 10.9. The van der Waals surface area contributed by atoms with Crippen LogP contribution in [0.15, 0.2) is 24.3 Å². The van der Waals surface area contributed by atoms with Crippen molar-refractivity contribution >= 4 is 0 Å². The van der Waals surface area contributed by atoms with Gasteiger partial charge in [-0.05, 0) is 30.9 Å². The maximum absolute atomic E-state index is 9.73. The Morgan fingerprint density at radius 1 is 1.18 bits per heavy atom. The molecule has 0 spiro atoms. The maximum Gasteiger partial charge on any atom is 0.115 e. The van der Waals surface area contributed by atoms with Gasteiger partial charge < -0.3 is 5.11 Å². The first kappa shape index (κ1) is 13.8. The van der Waals surface area contributed by atoms with Crippen LogP contribution in [0.1, 0.15) is 50.7 Å². The summed E-state index contributed by atoms with van der Waals surface area (Å²) in [7, 11) is 0. The molecule has 1 aromatic carbocycles. The zero-order valence-corrected chi connectivity index (χ0v) is 10.9. The number of benzene rings is 1. The molecular formula is C16H22O. The van der Waals surface area contributed by atoms with Crippen LogP contribution in [0, 0.1) is 11.8 Å². The van der Waals surface area contributed by atoms with E-state index in [1.165, 1.54) is 18.4 Å². The van der Waals surface area contributed by atoms with E-state index < -0.39 is 6.10 Å². The molecule has 0 aliphatic heterocycles. The fourth-order valence-corrected chi connectivity index (χ4v) is 1.77. The van der Waals surface area contributed by atoms with Gasteiger partial charge in [0.05, 0.1) is 0 Å². The summed E-state index contributed by atoms with van der Waals surface area (Å²) in [5.41, 5.74) is 2.30. The summed E-state index contributed by atoms with van der Waals surface area (Å²) in [4.78, 5) is 0. The van der Waals surface area contributed by atoms with E-state index in [1.54, 1.807) is 0 Å². The fraction of sp³-hybridized carbons (Fsp3) is 0.500. The summed E-state index contributed by atoms with van der Waals surface area (Å²) in [5.74, 6) is 6.03. The van der Waals surface area contributed by atoms with Crippen LogP contribution in [0.3, 0.4) is 0 Å². The van der Waals surface area contributed by atoms with Crippen LogP contribution in [-0.4, -0.2) is 11.2 Å². The van der Waals surface area contributed by atoms with E-state index in [1.807, 2.05) is 18.2 Å². The Kier molecular flexibility index (Phi) is 6.43. The van der Waals surface area contributed by atoms with Crippen molar-refractivity contribution in [2.24, 2.45) is 0 Å². The lowest BCUT2D eigenvalue weighted by Crippen LogP contribution is -2.02. The largest absolute Gasteiger partial charge is 0.380 e. The lowest BCUT2D eigenvalue weighted by Gasteiger charge is -2.02. The van der Waals surface area contributed by atoms with Gasteiger partial charge in [-0.15, -0.1) is 0 Å². The Morgan fingerprint density at radius 2 is 1.94 bits per heavy atom. The molecule has 1 rings (SSSR count). The van der Waals surface area contributed by atoms with Crippen molar-refractivity contribution in [3.05, 3.63) is 35.4 Å². The zero-order chi connectivity index (χ0) is 12.5. The Balaban J connectivity index is 2.58. The van der Waals surface area contributed by atoms with Crippen molar-refractivity contribution in [1.29, 1.82) is 0 Å². The number of unbranched alkanes of at least 4 members (excludes halogenated alkanes) is 2. The van der Waals surface area contributed by atoms with Crippen LogP contribution in [0.5, 0.6) is 0 Å². The monoisotopic (exact) mass is 230 g/mol. The molecule has 1 atom stereocenters. The molecule has 0 amide bonds. The van der Waals surface area contributed by atoms with Crippen LogP contribution < -0.4 is 0 Å². The van der Waals surface area contributed by atoms with Crippen molar-refractivity contribution in [3.8, 4) is 11.8 Å². The maximum atomic E-state index is 9.73. The van der Waals surface area contributed by atoms with E-state index in [2.05, 4.69) is 31.8 Å². The third-order valence-corrected chi connectivity index (χ3v) is 2.85. The van der Waals surface area contributed by atoms with Gasteiger partial charge in [-0.25, -0.2) is 0 Å². The highest BCUT2D eigenvalue weighted by atomic mass is 16.3. The van der Waals surface area contributed by atoms with Gasteiger partial charge in [0.2, 0.25) is 0 Å². The van der Waals surface area contributed by atoms with E-state index >= 15 is 0 Å².